The molecule has 1 heterocycles. The van der Waals surface area contributed by atoms with Gasteiger partial charge in [0.15, 0.2) is 0 Å². The van der Waals surface area contributed by atoms with E-state index in [2.05, 4.69) is 5.16 Å². The van der Waals surface area contributed by atoms with E-state index in [4.69, 9.17) is 5.21 Å². The van der Waals surface area contributed by atoms with Gasteiger partial charge < -0.3 is 10.3 Å². The number of para-hydroxylation sites is 1. The number of nitrogens with zero attached hydrogens (tertiary/aromatic N) is 2. The second-order valence-electron chi connectivity index (χ2n) is 6.20. The van der Waals surface area contributed by atoms with Gasteiger partial charge in [-0.2, -0.15) is 0 Å². The predicted molar refractivity (Wildman–Crippen MR) is 86.4 cm³/mol. The fraction of sp³-hybridized carbons (Fsp3) is 0.294. The van der Waals surface area contributed by atoms with E-state index in [0.29, 0.717) is 11.4 Å². The summed E-state index contributed by atoms with van der Waals surface area (Å²) in [7, 11) is 0. The number of rotatable bonds is 2. The zero-order valence-corrected chi connectivity index (χ0v) is 13.2. The van der Waals surface area contributed by atoms with Gasteiger partial charge in [0.05, 0.1) is 5.71 Å². The zero-order valence-electron chi connectivity index (χ0n) is 13.2. The molecule has 22 heavy (non-hydrogen) atoms. The van der Waals surface area contributed by atoms with E-state index in [1.807, 2.05) is 51.1 Å². The van der Waals surface area contributed by atoms with Crippen LogP contribution in [0.1, 0.15) is 39.0 Å². The lowest BCUT2D eigenvalue weighted by molar-refractivity contribution is 0.318. The first-order valence-corrected chi connectivity index (χ1v) is 7.01. The molecule has 5 heteroatoms. The Labute approximate surface area is 129 Å². The molecule has 0 atom stereocenters. The van der Waals surface area contributed by atoms with Crippen molar-refractivity contribution in [1.82, 2.24) is 4.57 Å². The van der Waals surface area contributed by atoms with Crippen molar-refractivity contribution >= 4 is 5.71 Å². The Morgan fingerprint density at radius 3 is 2.27 bits per heavy atom. The first-order chi connectivity index (χ1) is 10.3. The lowest BCUT2D eigenvalue weighted by Gasteiger charge is -2.25. The molecule has 1 aromatic heterocycles. The minimum atomic E-state index is -0.411. The minimum absolute atomic E-state index is 0.000599. The van der Waals surface area contributed by atoms with Crippen LogP contribution in [0.5, 0.6) is 5.75 Å². The van der Waals surface area contributed by atoms with Crippen molar-refractivity contribution in [2.75, 3.05) is 0 Å². The summed E-state index contributed by atoms with van der Waals surface area (Å²) in [6, 6.07) is 10.7. The predicted octanol–water partition coefficient (Wildman–Crippen LogP) is 3.04. The summed E-state index contributed by atoms with van der Waals surface area (Å²) in [5.41, 5.74) is 0.688. The van der Waals surface area contributed by atoms with Crippen molar-refractivity contribution < 1.29 is 10.3 Å². The fourth-order valence-electron chi connectivity index (χ4n) is 2.37. The molecular formula is C17H20N2O3. The number of hydrogen-bond donors (Lipinski definition) is 2. The topological polar surface area (TPSA) is 74.8 Å². The van der Waals surface area contributed by atoms with E-state index in [0.717, 1.165) is 0 Å². The van der Waals surface area contributed by atoms with Gasteiger partial charge in [-0.3, -0.25) is 9.36 Å². The highest BCUT2D eigenvalue weighted by atomic mass is 16.4. The SMILES string of the molecule is C/C(=N/O)c1c(O)cc(C(C)(C)C)n(-c2ccccc2)c1=O. The molecule has 5 nitrogen and oxygen atoms in total. The molecule has 0 aliphatic heterocycles. The van der Waals surface area contributed by atoms with Gasteiger partial charge in [-0.1, -0.05) is 44.1 Å². The molecule has 0 spiro atoms. The molecule has 0 amide bonds. The average Bonchev–Trinajstić information content (AvgIpc) is 2.46. The summed E-state index contributed by atoms with van der Waals surface area (Å²) < 4.78 is 1.55. The van der Waals surface area contributed by atoms with Gasteiger partial charge in [0, 0.05) is 22.9 Å². The van der Waals surface area contributed by atoms with Gasteiger partial charge in [0.1, 0.15) is 11.3 Å². The highest BCUT2D eigenvalue weighted by Crippen LogP contribution is 2.28. The highest BCUT2D eigenvalue weighted by Gasteiger charge is 2.25. The van der Waals surface area contributed by atoms with Gasteiger partial charge in [-0.25, -0.2) is 0 Å². The summed E-state index contributed by atoms with van der Waals surface area (Å²) in [4.78, 5) is 12.9. The number of aromatic hydroxyl groups is 1. The molecule has 1 aromatic carbocycles. The summed E-state index contributed by atoms with van der Waals surface area (Å²) in [6.07, 6.45) is 0. The van der Waals surface area contributed by atoms with Crippen molar-refractivity contribution in [1.29, 1.82) is 0 Å². The van der Waals surface area contributed by atoms with Crippen LogP contribution in [-0.4, -0.2) is 20.6 Å². The molecule has 2 N–H and O–H groups in total. The minimum Gasteiger partial charge on any atom is -0.507 e. The Bertz CT molecular complexity index is 769. The van der Waals surface area contributed by atoms with E-state index in [9.17, 15) is 9.90 Å². The van der Waals surface area contributed by atoms with Gasteiger partial charge in [-0.15, -0.1) is 0 Å². The highest BCUT2D eigenvalue weighted by molar-refractivity contribution is 6.00. The molecule has 0 saturated carbocycles. The normalized spacial score (nSPS) is 12.5. The van der Waals surface area contributed by atoms with Crippen LogP contribution < -0.4 is 5.56 Å². The summed E-state index contributed by atoms with van der Waals surface area (Å²) in [5, 5.41) is 22.2. The van der Waals surface area contributed by atoms with Crippen molar-refractivity contribution in [2.45, 2.75) is 33.1 Å². The second kappa shape index (κ2) is 5.67. The number of hydrogen-bond acceptors (Lipinski definition) is 4. The van der Waals surface area contributed by atoms with Crippen molar-refractivity contribution in [2.24, 2.45) is 5.16 Å². The van der Waals surface area contributed by atoms with Crippen LogP contribution in [0.4, 0.5) is 0 Å². The van der Waals surface area contributed by atoms with Crippen LogP contribution in [0.3, 0.4) is 0 Å². The molecule has 116 valence electrons. The van der Waals surface area contributed by atoms with Gasteiger partial charge >= 0.3 is 0 Å². The van der Waals surface area contributed by atoms with Gasteiger partial charge in [0.25, 0.3) is 5.56 Å². The van der Waals surface area contributed by atoms with E-state index in [1.165, 1.54) is 6.92 Å². The van der Waals surface area contributed by atoms with Crippen molar-refractivity contribution in [3.05, 3.63) is 58.0 Å². The molecule has 0 bridgehead atoms. The Hall–Kier alpha value is -2.56. The third-order valence-corrected chi connectivity index (χ3v) is 3.48. The van der Waals surface area contributed by atoms with Crippen LogP contribution in [0, 0.1) is 0 Å². The van der Waals surface area contributed by atoms with Crippen LogP contribution in [0.25, 0.3) is 5.69 Å². The van der Waals surface area contributed by atoms with Gasteiger partial charge in [0.2, 0.25) is 0 Å². The Balaban J connectivity index is 2.93. The summed E-state index contributed by atoms with van der Waals surface area (Å²) >= 11 is 0. The Morgan fingerprint density at radius 1 is 1.18 bits per heavy atom. The smallest absolute Gasteiger partial charge is 0.268 e. The monoisotopic (exact) mass is 300 g/mol. The van der Waals surface area contributed by atoms with Crippen molar-refractivity contribution in [3.63, 3.8) is 0 Å². The summed E-state index contributed by atoms with van der Waals surface area (Å²) in [6.45, 7) is 7.37. The molecule has 0 fully saturated rings. The molecule has 0 radical (unpaired) electrons. The number of pyridine rings is 1. The number of aromatic nitrogens is 1. The maximum Gasteiger partial charge on any atom is 0.268 e. The molecule has 0 saturated heterocycles. The van der Waals surface area contributed by atoms with Crippen LogP contribution >= 0.6 is 0 Å². The largest absolute Gasteiger partial charge is 0.507 e. The third-order valence-electron chi connectivity index (χ3n) is 3.48. The maximum absolute atomic E-state index is 12.9. The van der Waals surface area contributed by atoms with Crippen molar-refractivity contribution in [3.8, 4) is 11.4 Å². The second-order valence-corrected chi connectivity index (χ2v) is 6.20. The van der Waals surface area contributed by atoms with Crippen LogP contribution in [-0.2, 0) is 5.41 Å². The average molecular weight is 300 g/mol. The van der Waals surface area contributed by atoms with Crippen LogP contribution in [0.15, 0.2) is 46.3 Å². The number of benzene rings is 1. The summed E-state index contributed by atoms with van der Waals surface area (Å²) in [5.74, 6) is -0.183. The molecule has 0 aliphatic carbocycles. The van der Waals surface area contributed by atoms with E-state index >= 15 is 0 Å². The lowest BCUT2D eigenvalue weighted by atomic mass is 9.90. The molecule has 2 rings (SSSR count). The molecule has 2 aromatic rings. The molecular weight excluding hydrogens is 280 g/mol. The first kappa shape index (κ1) is 15.8. The molecule has 0 aliphatic rings. The number of oxime groups is 1. The van der Waals surface area contributed by atoms with Crippen LogP contribution in [0.2, 0.25) is 0 Å². The standard InChI is InChI=1S/C17H20N2O3/c1-11(18-22)15-13(20)10-14(17(2,3)4)19(16(15)21)12-8-6-5-7-9-12/h5-10,20,22H,1-4H3/b18-11-. The maximum atomic E-state index is 12.9. The van der Waals surface area contributed by atoms with Gasteiger partial charge in [-0.05, 0) is 19.1 Å². The van der Waals surface area contributed by atoms with E-state index in [-0.39, 0.29) is 22.4 Å². The Kier molecular flexibility index (Phi) is 4.08. The zero-order chi connectivity index (χ0) is 16.5. The first-order valence-electron chi connectivity index (χ1n) is 7.01. The Morgan fingerprint density at radius 2 is 1.77 bits per heavy atom. The fourth-order valence-corrected chi connectivity index (χ4v) is 2.37. The quantitative estimate of drug-likeness (QED) is 0.508. The van der Waals surface area contributed by atoms with E-state index in [1.54, 1.807) is 10.6 Å². The molecule has 0 unspecified atom stereocenters. The lowest BCUT2D eigenvalue weighted by Crippen LogP contribution is -2.32. The third kappa shape index (κ3) is 2.74. The van der Waals surface area contributed by atoms with E-state index < -0.39 is 5.56 Å².